The minimum atomic E-state index is -0.389. The Kier molecular flexibility index (Phi) is 4.47. The number of rotatable bonds is 3. The third-order valence-electron chi connectivity index (χ3n) is 3.90. The highest BCUT2D eigenvalue weighted by Gasteiger charge is 2.33. The van der Waals surface area contributed by atoms with Crippen molar-refractivity contribution in [3.63, 3.8) is 0 Å². The van der Waals surface area contributed by atoms with Crippen molar-refractivity contribution in [3.8, 4) is 0 Å². The van der Waals surface area contributed by atoms with Crippen molar-refractivity contribution in [2.24, 2.45) is 4.99 Å². The number of anilines is 1. The number of hydrogen-bond donors (Lipinski definition) is 1. The van der Waals surface area contributed by atoms with E-state index in [0.29, 0.717) is 0 Å². The highest BCUT2D eigenvalue weighted by Crippen LogP contribution is 2.29. The predicted molar refractivity (Wildman–Crippen MR) is 89.1 cm³/mol. The average Bonchev–Trinajstić information content (AvgIpc) is 3.12. The van der Waals surface area contributed by atoms with Crippen molar-refractivity contribution in [3.05, 3.63) is 29.8 Å². The van der Waals surface area contributed by atoms with E-state index in [-0.39, 0.29) is 23.5 Å². The van der Waals surface area contributed by atoms with Crippen LogP contribution in [0.1, 0.15) is 24.8 Å². The van der Waals surface area contributed by atoms with Crippen LogP contribution in [0.15, 0.2) is 29.3 Å². The van der Waals surface area contributed by atoms with Gasteiger partial charge in [0.1, 0.15) is 5.25 Å². The van der Waals surface area contributed by atoms with Gasteiger partial charge in [-0.3, -0.25) is 9.59 Å². The number of nitrogens with one attached hydrogen (secondary N) is 1. The number of aryl methyl sites for hydroxylation is 1. The van der Waals surface area contributed by atoms with Gasteiger partial charge >= 0.3 is 0 Å². The van der Waals surface area contributed by atoms with Gasteiger partial charge in [0.25, 0.3) is 5.91 Å². The normalized spacial score (nSPS) is 21.1. The number of hydrogen-bond acceptors (Lipinski definition) is 4. The molecule has 1 fully saturated rings. The van der Waals surface area contributed by atoms with Gasteiger partial charge in [-0.15, -0.1) is 0 Å². The van der Waals surface area contributed by atoms with Crippen LogP contribution in [0.5, 0.6) is 0 Å². The summed E-state index contributed by atoms with van der Waals surface area (Å²) in [5, 5.41) is 3.27. The molecule has 0 aromatic heterocycles. The summed E-state index contributed by atoms with van der Waals surface area (Å²) < 4.78 is 0. The molecule has 0 radical (unpaired) electrons. The molecule has 0 aliphatic carbocycles. The Hall–Kier alpha value is -1.82. The number of aliphatic imine (C=N–C) groups is 1. The lowest BCUT2D eigenvalue weighted by atomic mass is 10.2. The van der Waals surface area contributed by atoms with Crippen LogP contribution in [0.4, 0.5) is 5.69 Å². The number of nitrogens with zero attached hydrogens (tertiary/aromatic N) is 2. The summed E-state index contributed by atoms with van der Waals surface area (Å²) in [5.41, 5.74) is 1.80. The second-order valence-electron chi connectivity index (χ2n) is 5.60. The highest BCUT2D eigenvalue weighted by molar-refractivity contribution is 8.15. The maximum atomic E-state index is 12.2. The lowest BCUT2D eigenvalue weighted by Crippen LogP contribution is -2.25. The highest BCUT2D eigenvalue weighted by atomic mass is 32.2. The first-order chi connectivity index (χ1) is 10.6. The molecular formula is C16H19N3O2S. The largest absolute Gasteiger partial charge is 0.351 e. The molecule has 1 atom stereocenters. The van der Waals surface area contributed by atoms with Crippen LogP contribution in [0.2, 0.25) is 0 Å². The lowest BCUT2D eigenvalue weighted by molar-refractivity contribution is -0.121. The van der Waals surface area contributed by atoms with E-state index in [0.717, 1.165) is 42.3 Å². The van der Waals surface area contributed by atoms with E-state index < -0.39 is 0 Å². The number of likely N-dealkylation sites (tertiary alicyclic amines) is 1. The molecule has 1 saturated heterocycles. The van der Waals surface area contributed by atoms with Gasteiger partial charge in [0.15, 0.2) is 5.17 Å². The van der Waals surface area contributed by atoms with Crippen molar-refractivity contribution in [1.29, 1.82) is 0 Å². The molecule has 0 unspecified atom stereocenters. The number of carbonyl (C=O) groups excluding carboxylic acids is 2. The molecule has 1 N–H and O–H groups in total. The van der Waals surface area contributed by atoms with Crippen LogP contribution in [-0.2, 0) is 9.59 Å². The minimum Gasteiger partial charge on any atom is -0.351 e. The van der Waals surface area contributed by atoms with Gasteiger partial charge in [-0.25, -0.2) is 0 Å². The Balaban J connectivity index is 1.56. The first kappa shape index (κ1) is 15.1. The molecule has 0 spiro atoms. The maximum absolute atomic E-state index is 12.2. The van der Waals surface area contributed by atoms with Crippen molar-refractivity contribution in [1.82, 2.24) is 4.90 Å². The molecule has 5 nitrogen and oxygen atoms in total. The summed E-state index contributed by atoms with van der Waals surface area (Å²) in [7, 11) is 0. The van der Waals surface area contributed by atoms with Gasteiger partial charge in [-0.05, 0) is 31.4 Å². The Morgan fingerprint density at radius 2 is 2.09 bits per heavy atom. The van der Waals surface area contributed by atoms with Crippen molar-refractivity contribution >= 4 is 34.4 Å². The second kappa shape index (κ2) is 6.52. The first-order valence-electron chi connectivity index (χ1n) is 7.53. The molecule has 22 heavy (non-hydrogen) atoms. The van der Waals surface area contributed by atoms with Crippen molar-refractivity contribution < 1.29 is 9.59 Å². The van der Waals surface area contributed by atoms with E-state index >= 15 is 0 Å². The van der Waals surface area contributed by atoms with E-state index in [9.17, 15) is 9.59 Å². The molecule has 116 valence electrons. The monoisotopic (exact) mass is 317 g/mol. The zero-order valence-electron chi connectivity index (χ0n) is 12.5. The molecule has 2 aliphatic rings. The lowest BCUT2D eigenvalue weighted by Gasteiger charge is -2.16. The first-order valence-corrected chi connectivity index (χ1v) is 8.41. The van der Waals surface area contributed by atoms with Gasteiger partial charge in [0, 0.05) is 25.2 Å². The fourth-order valence-corrected chi connectivity index (χ4v) is 3.75. The molecule has 0 saturated carbocycles. The van der Waals surface area contributed by atoms with Crippen LogP contribution in [0.3, 0.4) is 0 Å². The fraction of sp³-hybridized carbons (Fsp3) is 0.438. The van der Waals surface area contributed by atoms with Crippen molar-refractivity contribution in [2.45, 2.75) is 31.4 Å². The predicted octanol–water partition coefficient (Wildman–Crippen LogP) is 2.42. The molecule has 2 heterocycles. The number of amides is 2. The molecule has 2 amide bonds. The third kappa shape index (κ3) is 3.32. The van der Waals surface area contributed by atoms with E-state index in [4.69, 9.17) is 0 Å². The SMILES string of the molecule is Cc1ccccc1NC(=O)C[C@@H]1SC(N2CCCC2)=NC1=O. The number of amidine groups is 1. The smallest absolute Gasteiger partial charge is 0.262 e. The Morgan fingerprint density at radius 1 is 1.36 bits per heavy atom. The zero-order valence-corrected chi connectivity index (χ0v) is 13.4. The zero-order chi connectivity index (χ0) is 15.5. The standard InChI is InChI=1S/C16H19N3O2S/c1-11-6-2-3-7-12(11)17-14(20)10-13-15(21)18-16(22-13)19-8-4-5-9-19/h2-3,6-7,13H,4-5,8-10H2,1H3,(H,17,20)/t13-/m0/s1. The number of thioether (sulfide) groups is 1. The number of benzene rings is 1. The molecule has 6 heteroatoms. The fourth-order valence-electron chi connectivity index (χ4n) is 2.64. The summed E-state index contributed by atoms with van der Waals surface area (Å²) in [4.78, 5) is 30.4. The molecule has 1 aromatic carbocycles. The van der Waals surface area contributed by atoms with Gasteiger partial charge in [0.2, 0.25) is 5.91 Å². The van der Waals surface area contributed by atoms with Gasteiger partial charge < -0.3 is 10.2 Å². The summed E-state index contributed by atoms with van der Waals surface area (Å²) in [6.07, 6.45) is 2.46. The van der Waals surface area contributed by atoms with Crippen LogP contribution >= 0.6 is 11.8 Å². The summed E-state index contributed by atoms with van der Waals surface area (Å²) in [6.45, 7) is 3.86. The Labute approximate surface area is 134 Å². The van der Waals surface area contributed by atoms with Crippen LogP contribution in [0.25, 0.3) is 0 Å². The van der Waals surface area contributed by atoms with E-state index in [1.807, 2.05) is 31.2 Å². The molecule has 3 rings (SSSR count). The molecule has 0 bridgehead atoms. The molecular weight excluding hydrogens is 298 g/mol. The quantitative estimate of drug-likeness (QED) is 0.930. The summed E-state index contributed by atoms with van der Waals surface area (Å²) in [6, 6.07) is 7.62. The van der Waals surface area contributed by atoms with E-state index in [1.165, 1.54) is 11.8 Å². The van der Waals surface area contributed by atoms with Gasteiger partial charge in [0.05, 0.1) is 0 Å². The molecule has 1 aromatic rings. The van der Waals surface area contributed by atoms with Gasteiger partial charge in [-0.1, -0.05) is 30.0 Å². The number of para-hydroxylation sites is 1. The Morgan fingerprint density at radius 3 is 2.82 bits per heavy atom. The van der Waals surface area contributed by atoms with E-state index in [2.05, 4.69) is 15.2 Å². The van der Waals surface area contributed by atoms with Crippen LogP contribution in [0, 0.1) is 6.92 Å². The van der Waals surface area contributed by atoms with Crippen molar-refractivity contribution in [2.75, 3.05) is 18.4 Å². The molecule has 2 aliphatic heterocycles. The van der Waals surface area contributed by atoms with Gasteiger partial charge in [-0.2, -0.15) is 4.99 Å². The van der Waals surface area contributed by atoms with E-state index in [1.54, 1.807) is 0 Å². The third-order valence-corrected chi connectivity index (χ3v) is 5.11. The second-order valence-corrected chi connectivity index (χ2v) is 6.77. The van der Waals surface area contributed by atoms with Crippen LogP contribution < -0.4 is 5.32 Å². The maximum Gasteiger partial charge on any atom is 0.262 e. The summed E-state index contributed by atoms with van der Waals surface area (Å²) >= 11 is 1.42. The number of carbonyl (C=O) groups is 2. The van der Waals surface area contributed by atoms with Crippen LogP contribution in [-0.4, -0.2) is 40.2 Å². The minimum absolute atomic E-state index is 0.141. The Bertz CT molecular complexity index is 624. The topological polar surface area (TPSA) is 61.8 Å². The summed E-state index contributed by atoms with van der Waals surface area (Å²) in [5.74, 6) is -0.329. The average molecular weight is 317 g/mol.